The molecule has 0 spiro atoms. The molecule has 2 N–H and O–H groups in total. The SMILES string of the molecule is Cc1ccc(C#CCO)c(NS(=O)(=O)c2ccccc2)c1. The van der Waals surface area contributed by atoms with E-state index in [1.165, 1.54) is 12.1 Å². The molecule has 0 radical (unpaired) electrons. The standard InChI is InChI=1S/C16H15NO3S/c1-13-9-10-14(6-5-11-18)16(12-13)17-21(19,20)15-7-3-2-4-8-15/h2-4,7-10,12,17-18H,11H2,1H3. The summed E-state index contributed by atoms with van der Waals surface area (Å²) in [5.74, 6) is 5.26. The van der Waals surface area contributed by atoms with Gasteiger partial charge in [0.2, 0.25) is 0 Å². The van der Waals surface area contributed by atoms with E-state index in [4.69, 9.17) is 5.11 Å². The Morgan fingerprint density at radius 2 is 1.86 bits per heavy atom. The maximum absolute atomic E-state index is 12.3. The molecular formula is C16H15NO3S. The van der Waals surface area contributed by atoms with Gasteiger partial charge in [0.05, 0.1) is 10.6 Å². The van der Waals surface area contributed by atoms with Gasteiger partial charge in [0.15, 0.2) is 0 Å². The first-order valence-corrected chi connectivity index (χ1v) is 7.79. The highest BCUT2D eigenvalue weighted by Gasteiger charge is 2.15. The molecule has 0 unspecified atom stereocenters. The zero-order valence-electron chi connectivity index (χ0n) is 11.5. The zero-order chi connectivity index (χ0) is 15.3. The van der Waals surface area contributed by atoms with Crippen molar-refractivity contribution in [1.29, 1.82) is 0 Å². The third-order valence-corrected chi connectivity index (χ3v) is 4.16. The van der Waals surface area contributed by atoms with Crippen molar-refractivity contribution in [2.24, 2.45) is 0 Å². The van der Waals surface area contributed by atoms with Gasteiger partial charge < -0.3 is 5.11 Å². The molecule has 21 heavy (non-hydrogen) atoms. The second-order valence-electron chi connectivity index (χ2n) is 4.43. The summed E-state index contributed by atoms with van der Waals surface area (Å²) in [7, 11) is -3.66. The van der Waals surface area contributed by atoms with E-state index in [-0.39, 0.29) is 11.5 Å². The maximum Gasteiger partial charge on any atom is 0.261 e. The number of sulfonamides is 1. The topological polar surface area (TPSA) is 66.4 Å². The van der Waals surface area contributed by atoms with Gasteiger partial charge in [-0.15, -0.1) is 0 Å². The van der Waals surface area contributed by atoms with Crippen LogP contribution in [0.1, 0.15) is 11.1 Å². The molecule has 0 fully saturated rings. The summed E-state index contributed by atoms with van der Waals surface area (Å²) in [6, 6.07) is 13.4. The first kappa shape index (κ1) is 15.1. The third kappa shape index (κ3) is 3.85. The normalized spacial score (nSPS) is 10.6. The molecule has 2 aromatic rings. The molecule has 0 atom stereocenters. The fourth-order valence-corrected chi connectivity index (χ4v) is 2.88. The molecular weight excluding hydrogens is 286 g/mol. The fourth-order valence-electron chi connectivity index (χ4n) is 1.79. The van der Waals surface area contributed by atoms with Crippen LogP contribution in [0.4, 0.5) is 5.69 Å². The summed E-state index contributed by atoms with van der Waals surface area (Å²) < 4.78 is 27.2. The Hall–Kier alpha value is -2.29. The van der Waals surface area contributed by atoms with Gasteiger partial charge in [-0.05, 0) is 36.8 Å². The molecule has 0 heterocycles. The van der Waals surface area contributed by atoms with E-state index in [9.17, 15) is 8.42 Å². The van der Waals surface area contributed by atoms with Crippen LogP contribution in [0.5, 0.6) is 0 Å². The molecule has 0 aliphatic heterocycles. The van der Waals surface area contributed by atoms with Gasteiger partial charge in [-0.25, -0.2) is 8.42 Å². The number of aliphatic hydroxyl groups excluding tert-OH is 1. The molecule has 5 heteroatoms. The van der Waals surface area contributed by atoms with Crippen LogP contribution in [0.15, 0.2) is 53.4 Å². The minimum Gasteiger partial charge on any atom is -0.384 e. The summed E-state index contributed by atoms with van der Waals surface area (Å²) in [4.78, 5) is 0.188. The molecule has 0 saturated heterocycles. The predicted octanol–water partition coefficient (Wildman–Crippen LogP) is 2.14. The lowest BCUT2D eigenvalue weighted by atomic mass is 10.1. The van der Waals surface area contributed by atoms with Gasteiger partial charge in [-0.2, -0.15) is 0 Å². The molecule has 0 amide bonds. The van der Waals surface area contributed by atoms with Gasteiger partial charge in [-0.1, -0.05) is 36.1 Å². The molecule has 0 aromatic heterocycles. The average Bonchev–Trinajstić information content (AvgIpc) is 2.47. The highest BCUT2D eigenvalue weighted by molar-refractivity contribution is 7.92. The Kier molecular flexibility index (Phi) is 4.63. The van der Waals surface area contributed by atoms with Gasteiger partial charge in [0.1, 0.15) is 6.61 Å². The van der Waals surface area contributed by atoms with Crippen molar-refractivity contribution in [3.8, 4) is 11.8 Å². The molecule has 4 nitrogen and oxygen atoms in total. The Morgan fingerprint density at radius 3 is 2.52 bits per heavy atom. The Morgan fingerprint density at radius 1 is 1.14 bits per heavy atom. The van der Waals surface area contributed by atoms with Crippen LogP contribution in [0.25, 0.3) is 0 Å². The van der Waals surface area contributed by atoms with E-state index in [2.05, 4.69) is 16.6 Å². The summed E-state index contributed by atoms with van der Waals surface area (Å²) >= 11 is 0. The van der Waals surface area contributed by atoms with Gasteiger partial charge in [-0.3, -0.25) is 4.72 Å². The van der Waals surface area contributed by atoms with Crippen LogP contribution < -0.4 is 4.72 Å². The number of aliphatic hydroxyl groups is 1. The lowest BCUT2D eigenvalue weighted by Gasteiger charge is -2.10. The highest BCUT2D eigenvalue weighted by Crippen LogP contribution is 2.21. The number of aryl methyl sites for hydroxylation is 1. The molecule has 0 aliphatic carbocycles. The number of benzene rings is 2. The zero-order valence-corrected chi connectivity index (χ0v) is 12.3. The van der Waals surface area contributed by atoms with Crippen LogP contribution in [-0.2, 0) is 10.0 Å². The van der Waals surface area contributed by atoms with Gasteiger partial charge in [0.25, 0.3) is 10.0 Å². The summed E-state index contributed by atoms with van der Waals surface area (Å²) in [5.41, 5.74) is 1.84. The van der Waals surface area contributed by atoms with Crippen LogP contribution in [0, 0.1) is 18.8 Å². The van der Waals surface area contributed by atoms with Crippen LogP contribution in [0.3, 0.4) is 0 Å². The van der Waals surface area contributed by atoms with Crippen molar-refractivity contribution in [2.75, 3.05) is 11.3 Å². The van der Waals surface area contributed by atoms with Crippen molar-refractivity contribution < 1.29 is 13.5 Å². The van der Waals surface area contributed by atoms with Crippen molar-refractivity contribution >= 4 is 15.7 Å². The number of hydrogen-bond acceptors (Lipinski definition) is 3. The van der Waals surface area contributed by atoms with E-state index >= 15 is 0 Å². The third-order valence-electron chi connectivity index (χ3n) is 2.78. The summed E-state index contributed by atoms with van der Waals surface area (Å²) in [6.07, 6.45) is 0. The summed E-state index contributed by atoms with van der Waals surface area (Å²) in [5, 5.41) is 8.77. The molecule has 2 rings (SSSR count). The predicted molar refractivity (Wildman–Crippen MR) is 82.4 cm³/mol. The molecule has 0 aliphatic rings. The highest BCUT2D eigenvalue weighted by atomic mass is 32.2. The van der Waals surface area contributed by atoms with Crippen LogP contribution in [0.2, 0.25) is 0 Å². The van der Waals surface area contributed by atoms with Gasteiger partial charge >= 0.3 is 0 Å². The fraction of sp³-hybridized carbons (Fsp3) is 0.125. The number of hydrogen-bond donors (Lipinski definition) is 2. The maximum atomic E-state index is 12.3. The number of nitrogens with one attached hydrogen (secondary N) is 1. The monoisotopic (exact) mass is 301 g/mol. The van der Waals surface area contributed by atoms with Crippen molar-refractivity contribution in [3.05, 3.63) is 59.7 Å². The average molecular weight is 301 g/mol. The summed E-state index contributed by atoms with van der Waals surface area (Å²) in [6.45, 7) is 1.59. The Bertz CT molecular complexity index is 787. The second-order valence-corrected chi connectivity index (χ2v) is 6.11. The minimum atomic E-state index is -3.66. The quantitative estimate of drug-likeness (QED) is 0.854. The van der Waals surface area contributed by atoms with E-state index in [0.29, 0.717) is 11.3 Å². The molecule has 0 saturated carbocycles. The first-order valence-electron chi connectivity index (χ1n) is 6.31. The Balaban J connectivity index is 2.41. The van der Waals surface area contributed by atoms with E-state index in [1.54, 1.807) is 30.3 Å². The van der Waals surface area contributed by atoms with E-state index in [0.717, 1.165) is 5.56 Å². The Labute approximate surface area is 124 Å². The molecule has 108 valence electrons. The van der Waals surface area contributed by atoms with Crippen molar-refractivity contribution in [2.45, 2.75) is 11.8 Å². The largest absolute Gasteiger partial charge is 0.384 e. The first-order chi connectivity index (χ1) is 10.0. The minimum absolute atomic E-state index is 0.188. The van der Waals surface area contributed by atoms with E-state index in [1.807, 2.05) is 13.0 Å². The smallest absolute Gasteiger partial charge is 0.261 e. The number of anilines is 1. The lowest BCUT2D eigenvalue weighted by Crippen LogP contribution is -2.13. The second kappa shape index (κ2) is 6.44. The van der Waals surface area contributed by atoms with Crippen LogP contribution in [-0.4, -0.2) is 20.1 Å². The van der Waals surface area contributed by atoms with Crippen LogP contribution >= 0.6 is 0 Å². The van der Waals surface area contributed by atoms with Crippen molar-refractivity contribution in [1.82, 2.24) is 0 Å². The molecule has 0 bridgehead atoms. The lowest BCUT2D eigenvalue weighted by molar-refractivity contribution is 0.350. The molecule has 2 aromatic carbocycles. The number of rotatable bonds is 3. The van der Waals surface area contributed by atoms with Crippen molar-refractivity contribution in [3.63, 3.8) is 0 Å². The van der Waals surface area contributed by atoms with Gasteiger partial charge in [0, 0.05) is 5.56 Å². The van der Waals surface area contributed by atoms with E-state index < -0.39 is 10.0 Å².